The zero-order valence-electron chi connectivity index (χ0n) is 9.50. The number of hydrogen-bond donors (Lipinski definition) is 3. The SMILES string of the molecule is N[C@@H](Cc1cccc2c1CC(=O)OB2O)C(=O)O. The lowest BCUT2D eigenvalue weighted by Crippen LogP contribution is -2.44. The maximum absolute atomic E-state index is 11.3. The van der Waals surface area contributed by atoms with Crippen LogP contribution >= 0.6 is 0 Å². The summed E-state index contributed by atoms with van der Waals surface area (Å²) in [5.41, 5.74) is 7.22. The Labute approximate surface area is 104 Å². The van der Waals surface area contributed by atoms with Gasteiger partial charge in [-0.05, 0) is 17.5 Å². The van der Waals surface area contributed by atoms with Gasteiger partial charge in [0.2, 0.25) is 0 Å². The standard InChI is InChI=1S/C11H12BNO5/c13-9(11(15)16)4-6-2-1-3-8-7(6)5-10(14)18-12(8)17/h1-3,9,17H,4-5,13H2,(H,15,16)/t9-/m0/s1. The Morgan fingerprint density at radius 3 is 2.94 bits per heavy atom. The molecule has 1 aliphatic heterocycles. The van der Waals surface area contributed by atoms with Crippen molar-refractivity contribution < 1.29 is 24.4 Å². The van der Waals surface area contributed by atoms with E-state index >= 15 is 0 Å². The minimum atomic E-state index is -1.29. The molecular formula is C11H12BNO5. The van der Waals surface area contributed by atoms with Gasteiger partial charge in [-0.3, -0.25) is 9.59 Å². The summed E-state index contributed by atoms with van der Waals surface area (Å²) in [5.74, 6) is -1.64. The second-order valence-electron chi connectivity index (χ2n) is 4.15. The molecule has 0 aliphatic carbocycles. The molecule has 0 radical (unpaired) electrons. The number of carbonyl (C=O) groups is 2. The first-order chi connectivity index (χ1) is 8.49. The zero-order chi connectivity index (χ0) is 13.3. The fourth-order valence-electron chi connectivity index (χ4n) is 1.99. The smallest absolute Gasteiger partial charge is 0.506 e. The van der Waals surface area contributed by atoms with Crippen LogP contribution in [0.2, 0.25) is 0 Å². The highest BCUT2D eigenvalue weighted by molar-refractivity contribution is 6.63. The first-order valence-corrected chi connectivity index (χ1v) is 5.45. The quantitative estimate of drug-likeness (QED) is 0.558. The van der Waals surface area contributed by atoms with Gasteiger partial charge in [-0.15, -0.1) is 0 Å². The third-order valence-corrected chi connectivity index (χ3v) is 2.90. The first-order valence-electron chi connectivity index (χ1n) is 5.45. The number of benzene rings is 1. The van der Waals surface area contributed by atoms with Crippen molar-refractivity contribution in [1.29, 1.82) is 0 Å². The molecular weight excluding hydrogens is 237 g/mol. The summed E-state index contributed by atoms with van der Waals surface area (Å²) in [6.07, 6.45) is 0.132. The third-order valence-electron chi connectivity index (χ3n) is 2.90. The molecule has 4 N–H and O–H groups in total. The van der Waals surface area contributed by atoms with Crippen molar-refractivity contribution >= 4 is 24.5 Å². The number of fused-ring (bicyclic) bond motifs is 1. The van der Waals surface area contributed by atoms with Crippen molar-refractivity contribution in [1.82, 2.24) is 0 Å². The van der Waals surface area contributed by atoms with Gasteiger partial charge < -0.3 is 20.5 Å². The molecule has 0 spiro atoms. The number of nitrogens with two attached hydrogens (primary N) is 1. The van der Waals surface area contributed by atoms with Crippen molar-refractivity contribution in [3.8, 4) is 0 Å². The first kappa shape index (κ1) is 12.6. The number of carbonyl (C=O) groups excluding carboxylic acids is 1. The second-order valence-corrected chi connectivity index (χ2v) is 4.15. The predicted octanol–water partition coefficient (Wildman–Crippen LogP) is -1.57. The molecule has 0 bridgehead atoms. The molecule has 0 unspecified atom stereocenters. The van der Waals surface area contributed by atoms with E-state index in [1.807, 2.05) is 0 Å². The number of rotatable bonds is 3. The molecule has 1 heterocycles. The molecule has 0 amide bonds. The van der Waals surface area contributed by atoms with Crippen LogP contribution in [0, 0.1) is 0 Å². The van der Waals surface area contributed by atoms with Gasteiger partial charge in [-0.1, -0.05) is 18.2 Å². The molecule has 1 aromatic carbocycles. The monoisotopic (exact) mass is 249 g/mol. The molecule has 1 atom stereocenters. The molecule has 94 valence electrons. The minimum absolute atomic E-state index is 0.0227. The summed E-state index contributed by atoms with van der Waals surface area (Å²) in [7, 11) is -1.29. The molecule has 0 saturated heterocycles. The molecule has 0 saturated carbocycles. The number of carboxylic acid groups (broad SMARTS) is 1. The molecule has 1 aromatic rings. The Balaban J connectivity index is 2.35. The third kappa shape index (κ3) is 2.37. The second kappa shape index (κ2) is 4.79. The van der Waals surface area contributed by atoms with E-state index in [4.69, 9.17) is 10.8 Å². The van der Waals surface area contributed by atoms with E-state index in [1.54, 1.807) is 18.2 Å². The number of carboxylic acids is 1. The molecule has 1 aliphatic rings. The Kier molecular flexibility index (Phi) is 3.35. The van der Waals surface area contributed by atoms with Gasteiger partial charge in [0.1, 0.15) is 6.04 Å². The summed E-state index contributed by atoms with van der Waals surface area (Å²) >= 11 is 0. The fraction of sp³-hybridized carbons (Fsp3) is 0.273. The van der Waals surface area contributed by atoms with Gasteiger partial charge >= 0.3 is 13.1 Å². The van der Waals surface area contributed by atoms with Crippen LogP contribution in [0.4, 0.5) is 0 Å². The van der Waals surface area contributed by atoms with Crippen molar-refractivity contribution in [3.63, 3.8) is 0 Å². The maximum Gasteiger partial charge on any atom is 0.562 e. The fourth-order valence-corrected chi connectivity index (χ4v) is 1.99. The Morgan fingerprint density at radius 2 is 2.28 bits per heavy atom. The van der Waals surface area contributed by atoms with Gasteiger partial charge in [0.25, 0.3) is 5.97 Å². The highest BCUT2D eigenvalue weighted by Crippen LogP contribution is 2.15. The van der Waals surface area contributed by atoms with E-state index in [2.05, 4.69) is 4.65 Å². The predicted molar refractivity (Wildman–Crippen MR) is 63.2 cm³/mol. The van der Waals surface area contributed by atoms with Gasteiger partial charge in [0.15, 0.2) is 0 Å². The Morgan fingerprint density at radius 1 is 1.56 bits per heavy atom. The van der Waals surface area contributed by atoms with Gasteiger partial charge in [0.05, 0.1) is 6.42 Å². The molecule has 7 heteroatoms. The normalized spacial score (nSPS) is 15.9. The molecule has 6 nitrogen and oxygen atoms in total. The Bertz CT molecular complexity index is 504. The van der Waals surface area contributed by atoms with E-state index in [9.17, 15) is 14.6 Å². The van der Waals surface area contributed by atoms with Crippen LogP contribution in [-0.4, -0.2) is 35.2 Å². The maximum atomic E-state index is 11.3. The van der Waals surface area contributed by atoms with Crippen LogP contribution < -0.4 is 11.2 Å². The lowest BCUT2D eigenvalue weighted by Gasteiger charge is -2.21. The van der Waals surface area contributed by atoms with Crippen molar-refractivity contribution in [2.45, 2.75) is 18.9 Å². The zero-order valence-corrected chi connectivity index (χ0v) is 9.50. The number of hydrogen-bond acceptors (Lipinski definition) is 5. The molecule has 18 heavy (non-hydrogen) atoms. The number of aliphatic carboxylic acids is 1. The van der Waals surface area contributed by atoms with E-state index in [0.29, 0.717) is 16.6 Å². The topological polar surface area (TPSA) is 110 Å². The summed E-state index contributed by atoms with van der Waals surface area (Å²) in [6.45, 7) is 0. The van der Waals surface area contributed by atoms with Crippen LogP contribution in [0.1, 0.15) is 11.1 Å². The van der Waals surface area contributed by atoms with E-state index in [1.165, 1.54) is 0 Å². The lowest BCUT2D eigenvalue weighted by molar-refractivity contribution is -0.138. The van der Waals surface area contributed by atoms with Crippen molar-refractivity contribution in [2.75, 3.05) is 0 Å². The Hall–Kier alpha value is -1.86. The van der Waals surface area contributed by atoms with E-state index in [0.717, 1.165) is 0 Å². The summed E-state index contributed by atoms with van der Waals surface area (Å²) in [6, 6.07) is 3.98. The van der Waals surface area contributed by atoms with Crippen molar-refractivity contribution in [3.05, 3.63) is 29.3 Å². The highest BCUT2D eigenvalue weighted by atomic mass is 16.6. The van der Waals surface area contributed by atoms with E-state index < -0.39 is 25.1 Å². The summed E-state index contributed by atoms with van der Waals surface area (Å²) in [4.78, 5) is 22.0. The van der Waals surface area contributed by atoms with Crippen molar-refractivity contribution in [2.24, 2.45) is 5.73 Å². The lowest BCUT2D eigenvalue weighted by atomic mass is 9.71. The van der Waals surface area contributed by atoms with Crippen LogP contribution in [0.15, 0.2) is 18.2 Å². The van der Waals surface area contributed by atoms with Crippen LogP contribution in [-0.2, 0) is 27.1 Å². The molecule has 0 fully saturated rings. The van der Waals surface area contributed by atoms with Crippen LogP contribution in [0.25, 0.3) is 0 Å². The highest BCUT2D eigenvalue weighted by Gasteiger charge is 2.32. The summed E-state index contributed by atoms with van der Waals surface area (Å²) < 4.78 is 4.69. The van der Waals surface area contributed by atoms with E-state index in [-0.39, 0.29) is 12.8 Å². The average molecular weight is 249 g/mol. The van der Waals surface area contributed by atoms with Gasteiger partial charge in [-0.2, -0.15) is 0 Å². The average Bonchev–Trinajstić information content (AvgIpc) is 2.29. The van der Waals surface area contributed by atoms with Gasteiger partial charge in [0, 0.05) is 5.46 Å². The molecule has 0 aromatic heterocycles. The van der Waals surface area contributed by atoms with Crippen LogP contribution in [0.3, 0.4) is 0 Å². The van der Waals surface area contributed by atoms with Crippen LogP contribution in [0.5, 0.6) is 0 Å². The summed E-state index contributed by atoms with van der Waals surface area (Å²) in [5, 5.41) is 18.4. The molecule has 2 rings (SSSR count). The van der Waals surface area contributed by atoms with Gasteiger partial charge in [-0.25, -0.2) is 0 Å². The minimum Gasteiger partial charge on any atom is -0.506 e. The largest absolute Gasteiger partial charge is 0.562 e.